The first-order chi connectivity index (χ1) is 11.1. The van der Waals surface area contributed by atoms with Crippen molar-refractivity contribution in [1.29, 1.82) is 0 Å². The van der Waals surface area contributed by atoms with Crippen LogP contribution in [0.5, 0.6) is 5.75 Å². The number of imide groups is 1. The molecule has 1 heterocycles. The number of halogens is 5. The number of nitrogens with zero attached hydrogens (tertiary/aromatic N) is 1. The predicted molar refractivity (Wildman–Crippen MR) is 67.0 cm³/mol. The summed E-state index contributed by atoms with van der Waals surface area (Å²) in [5.74, 6) is -16.0. The molecule has 0 spiro atoms. The molecule has 0 atom stereocenters. The molecule has 0 radical (unpaired) electrons. The van der Waals surface area contributed by atoms with Gasteiger partial charge in [0, 0.05) is 18.2 Å². The van der Waals surface area contributed by atoms with Crippen molar-refractivity contribution in [3.8, 4) is 5.75 Å². The first kappa shape index (κ1) is 17.6. The topological polar surface area (TPSA) is 63.7 Å². The molecule has 5 nitrogen and oxygen atoms in total. The Morgan fingerprint density at radius 2 is 1.50 bits per heavy atom. The molecule has 24 heavy (non-hydrogen) atoms. The van der Waals surface area contributed by atoms with Crippen LogP contribution in [0.2, 0.25) is 0 Å². The largest absolute Gasteiger partial charge is 0.420 e. The zero-order valence-electron chi connectivity index (χ0n) is 12.0. The van der Waals surface area contributed by atoms with Crippen molar-refractivity contribution in [1.82, 2.24) is 4.90 Å². The van der Waals surface area contributed by atoms with Gasteiger partial charge in [0.2, 0.25) is 34.8 Å². The van der Waals surface area contributed by atoms with E-state index in [2.05, 4.69) is 4.74 Å². The van der Waals surface area contributed by atoms with E-state index in [0.29, 0.717) is 4.90 Å². The first-order valence-corrected chi connectivity index (χ1v) is 6.41. The van der Waals surface area contributed by atoms with Gasteiger partial charge in [0.25, 0.3) is 11.8 Å². The minimum atomic E-state index is -2.39. The SMILES string of the molecule is CC1=CC(=O)N(CCC(=O)Oc2c(F)c(F)c(F)c(F)c2F)C1=O. The molecular weight excluding hydrogens is 341 g/mol. The second-order valence-corrected chi connectivity index (χ2v) is 4.75. The minimum Gasteiger partial charge on any atom is -0.420 e. The van der Waals surface area contributed by atoms with Crippen LogP contribution in [-0.2, 0) is 14.4 Å². The lowest BCUT2D eigenvalue weighted by Gasteiger charge is -2.14. The monoisotopic (exact) mass is 349 g/mol. The zero-order valence-corrected chi connectivity index (χ0v) is 12.0. The summed E-state index contributed by atoms with van der Waals surface area (Å²) in [6, 6.07) is 0. The third kappa shape index (κ3) is 2.99. The van der Waals surface area contributed by atoms with Gasteiger partial charge < -0.3 is 4.74 Å². The van der Waals surface area contributed by atoms with E-state index in [0.717, 1.165) is 6.08 Å². The molecule has 0 unspecified atom stereocenters. The van der Waals surface area contributed by atoms with E-state index in [4.69, 9.17) is 0 Å². The molecule has 1 aliphatic rings. The van der Waals surface area contributed by atoms with Crippen molar-refractivity contribution < 1.29 is 41.1 Å². The summed E-state index contributed by atoms with van der Waals surface area (Å²) in [5.41, 5.74) is 0.133. The summed E-state index contributed by atoms with van der Waals surface area (Å²) in [5, 5.41) is 0. The Balaban J connectivity index is 2.09. The lowest BCUT2D eigenvalue weighted by Crippen LogP contribution is -2.33. The molecule has 0 N–H and O–H groups in total. The highest BCUT2D eigenvalue weighted by Gasteiger charge is 2.31. The number of rotatable bonds is 4. The lowest BCUT2D eigenvalue weighted by atomic mass is 10.2. The Kier molecular flexibility index (Phi) is 4.67. The van der Waals surface area contributed by atoms with Crippen LogP contribution in [0.1, 0.15) is 13.3 Å². The van der Waals surface area contributed by atoms with Gasteiger partial charge in [0.15, 0.2) is 0 Å². The van der Waals surface area contributed by atoms with Gasteiger partial charge >= 0.3 is 5.97 Å². The van der Waals surface area contributed by atoms with Crippen molar-refractivity contribution in [2.75, 3.05) is 6.54 Å². The number of hydrogen-bond acceptors (Lipinski definition) is 4. The predicted octanol–water partition coefficient (Wildman–Crippen LogP) is 1.99. The maximum absolute atomic E-state index is 13.4. The van der Waals surface area contributed by atoms with Crippen LogP contribution in [0.15, 0.2) is 11.6 Å². The summed E-state index contributed by atoms with van der Waals surface area (Å²) in [7, 11) is 0. The van der Waals surface area contributed by atoms with Gasteiger partial charge in [-0.2, -0.15) is 8.78 Å². The van der Waals surface area contributed by atoms with Crippen LogP contribution in [-0.4, -0.2) is 29.2 Å². The third-order valence-electron chi connectivity index (χ3n) is 3.11. The van der Waals surface area contributed by atoms with Crippen molar-refractivity contribution in [3.05, 3.63) is 40.7 Å². The van der Waals surface area contributed by atoms with E-state index >= 15 is 0 Å². The molecule has 1 aliphatic heterocycles. The Labute approximate surface area is 131 Å². The summed E-state index contributed by atoms with van der Waals surface area (Å²) < 4.78 is 69.7. The van der Waals surface area contributed by atoms with Gasteiger partial charge in [0.1, 0.15) is 0 Å². The Bertz CT molecular complexity index is 761. The summed E-state index contributed by atoms with van der Waals surface area (Å²) in [6.07, 6.45) is 0.329. The number of ether oxygens (including phenoxy) is 1. The summed E-state index contributed by atoms with van der Waals surface area (Å²) >= 11 is 0. The van der Waals surface area contributed by atoms with Gasteiger partial charge in [-0.3, -0.25) is 19.3 Å². The highest BCUT2D eigenvalue weighted by Crippen LogP contribution is 2.29. The van der Waals surface area contributed by atoms with Gasteiger partial charge in [-0.25, -0.2) is 13.2 Å². The number of carbonyl (C=O) groups excluding carboxylic acids is 3. The molecule has 10 heteroatoms. The molecule has 0 aliphatic carbocycles. The minimum absolute atomic E-state index is 0.133. The zero-order chi connectivity index (χ0) is 18.2. The fraction of sp³-hybridized carbons (Fsp3) is 0.214. The molecule has 1 aromatic rings. The maximum atomic E-state index is 13.4. The molecule has 0 saturated heterocycles. The van der Waals surface area contributed by atoms with E-state index < -0.39 is 65.6 Å². The Hall–Kier alpha value is -2.78. The van der Waals surface area contributed by atoms with E-state index in [9.17, 15) is 36.3 Å². The molecule has 0 saturated carbocycles. The lowest BCUT2D eigenvalue weighted by molar-refractivity contribution is -0.139. The van der Waals surface area contributed by atoms with Crippen LogP contribution >= 0.6 is 0 Å². The van der Waals surface area contributed by atoms with E-state index in [1.807, 2.05) is 0 Å². The third-order valence-corrected chi connectivity index (χ3v) is 3.11. The molecule has 128 valence electrons. The normalized spacial score (nSPS) is 14.2. The average Bonchev–Trinajstić information content (AvgIpc) is 2.78. The van der Waals surface area contributed by atoms with Crippen LogP contribution in [0.25, 0.3) is 0 Å². The molecule has 0 fully saturated rings. The average molecular weight is 349 g/mol. The highest BCUT2D eigenvalue weighted by molar-refractivity contribution is 6.15. The smallest absolute Gasteiger partial charge is 0.313 e. The Morgan fingerprint density at radius 3 is 1.96 bits per heavy atom. The van der Waals surface area contributed by atoms with Crippen LogP contribution in [0, 0.1) is 29.1 Å². The van der Waals surface area contributed by atoms with Gasteiger partial charge in [-0.05, 0) is 6.92 Å². The fourth-order valence-corrected chi connectivity index (χ4v) is 1.89. The van der Waals surface area contributed by atoms with Crippen LogP contribution < -0.4 is 4.74 Å². The summed E-state index contributed by atoms with van der Waals surface area (Å²) in [4.78, 5) is 35.2. The molecule has 2 rings (SSSR count). The van der Waals surface area contributed by atoms with Crippen LogP contribution in [0.4, 0.5) is 22.0 Å². The molecule has 1 aromatic carbocycles. The van der Waals surface area contributed by atoms with Crippen molar-refractivity contribution in [2.45, 2.75) is 13.3 Å². The number of esters is 1. The second kappa shape index (κ2) is 6.38. The maximum Gasteiger partial charge on any atom is 0.313 e. The van der Waals surface area contributed by atoms with Gasteiger partial charge in [0.05, 0.1) is 6.42 Å². The van der Waals surface area contributed by atoms with Gasteiger partial charge in [-0.15, -0.1) is 0 Å². The fourth-order valence-electron chi connectivity index (χ4n) is 1.89. The van der Waals surface area contributed by atoms with Crippen molar-refractivity contribution >= 4 is 17.8 Å². The molecular formula is C14H8F5NO4. The standard InChI is InChI=1S/C14H8F5NO4/c1-5-4-6(21)20(14(5)23)3-2-7(22)24-13-11(18)9(16)8(15)10(17)12(13)19/h4H,2-3H2,1H3. The van der Waals surface area contributed by atoms with E-state index in [1.165, 1.54) is 6.92 Å². The molecule has 2 amide bonds. The van der Waals surface area contributed by atoms with Gasteiger partial charge in [-0.1, -0.05) is 0 Å². The first-order valence-electron chi connectivity index (χ1n) is 6.41. The molecule has 0 aromatic heterocycles. The number of benzene rings is 1. The van der Waals surface area contributed by atoms with Crippen LogP contribution in [0.3, 0.4) is 0 Å². The van der Waals surface area contributed by atoms with E-state index in [-0.39, 0.29) is 5.57 Å². The molecule has 0 bridgehead atoms. The Morgan fingerprint density at radius 1 is 1.00 bits per heavy atom. The second-order valence-electron chi connectivity index (χ2n) is 4.75. The number of hydrogen-bond donors (Lipinski definition) is 0. The number of amides is 2. The number of carbonyl (C=O) groups is 3. The highest BCUT2D eigenvalue weighted by atomic mass is 19.2. The summed E-state index contributed by atoms with van der Waals surface area (Å²) in [6.45, 7) is 0.896. The quantitative estimate of drug-likeness (QED) is 0.208. The van der Waals surface area contributed by atoms with Crippen molar-refractivity contribution in [2.24, 2.45) is 0 Å². The van der Waals surface area contributed by atoms with Crippen molar-refractivity contribution in [3.63, 3.8) is 0 Å². The van der Waals surface area contributed by atoms with E-state index in [1.54, 1.807) is 0 Å².